The Bertz CT molecular complexity index is 1020. The van der Waals surface area contributed by atoms with Crippen LogP contribution in [0, 0.1) is 19.7 Å². The Hall–Kier alpha value is -2.26. The number of piperazine rings is 1. The summed E-state index contributed by atoms with van der Waals surface area (Å²) in [4.78, 5) is 13.7. The van der Waals surface area contributed by atoms with Gasteiger partial charge in [0.05, 0.1) is 4.90 Å². The van der Waals surface area contributed by atoms with Crippen molar-refractivity contribution in [1.29, 1.82) is 0 Å². The third kappa shape index (κ3) is 4.27. The molecule has 30 heavy (non-hydrogen) atoms. The molecule has 0 atom stereocenters. The molecule has 0 radical (unpaired) electrons. The second-order valence-electron chi connectivity index (χ2n) is 7.98. The number of aromatic nitrogens is 2. The molecule has 9 heteroatoms. The van der Waals surface area contributed by atoms with Crippen molar-refractivity contribution in [3.63, 3.8) is 0 Å². The molecule has 3 heterocycles. The number of aryl methyl sites for hydroxylation is 2. The van der Waals surface area contributed by atoms with Gasteiger partial charge < -0.3 is 9.80 Å². The number of rotatable bonds is 4. The summed E-state index contributed by atoms with van der Waals surface area (Å²) in [5.41, 5.74) is 0.552. The molecule has 162 valence electrons. The van der Waals surface area contributed by atoms with Crippen molar-refractivity contribution in [3.05, 3.63) is 41.5 Å². The molecule has 0 bridgehead atoms. The number of piperidine rings is 1. The van der Waals surface area contributed by atoms with E-state index in [-0.39, 0.29) is 4.90 Å². The number of hydrogen-bond donors (Lipinski definition) is 0. The zero-order valence-corrected chi connectivity index (χ0v) is 18.3. The number of halogens is 1. The standard InChI is InChI=1S/C21H28FN5O2S/c1-16-6-7-18(22)14-19(16)30(28,29)27-12-10-26(11-13-27)21-15-20(23-17(2)24-21)25-8-4-3-5-9-25/h6-7,14-15H,3-5,8-13H2,1-2H3. The van der Waals surface area contributed by atoms with Crippen LogP contribution in [-0.4, -0.2) is 62.0 Å². The van der Waals surface area contributed by atoms with E-state index in [1.54, 1.807) is 6.92 Å². The van der Waals surface area contributed by atoms with Crippen LogP contribution in [0.15, 0.2) is 29.2 Å². The summed E-state index contributed by atoms with van der Waals surface area (Å²) >= 11 is 0. The van der Waals surface area contributed by atoms with Crippen molar-refractivity contribution in [3.8, 4) is 0 Å². The van der Waals surface area contributed by atoms with E-state index in [4.69, 9.17) is 0 Å². The Morgan fingerprint density at radius 2 is 1.43 bits per heavy atom. The Kier molecular flexibility index (Phi) is 5.92. The van der Waals surface area contributed by atoms with E-state index in [1.165, 1.54) is 35.7 Å². The Labute approximate surface area is 177 Å². The second kappa shape index (κ2) is 8.47. The molecule has 0 N–H and O–H groups in total. The van der Waals surface area contributed by atoms with E-state index in [9.17, 15) is 12.8 Å². The van der Waals surface area contributed by atoms with Crippen LogP contribution in [0.1, 0.15) is 30.7 Å². The quantitative estimate of drug-likeness (QED) is 0.739. The molecule has 1 aromatic heterocycles. The molecule has 0 amide bonds. The Morgan fingerprint density at radius 1 is 0.833 bits per heavy atom. The molecule has 0 spiro atoms. The van der Waals surface area contributed by atoms with Crippen LogP contribution in [0.2, 0.25) is 0 Å². The zero-order chi connectivity index (χ0) is 21.3. The van der Waals surface area contributed by atoms with Crippen molar-refractivity contribution in [2.75, 3.05) is 49.1 Å². The predicted octanol–water partition coefficient (Wildman–Crippen LogP) is 2.73. The lowest BCUT2D eigenvalue weighted by Crippen LogP contribution is -2.49. The van der Waals surface area contributed by atoms with Crippen LogP contribution >= 0.6 is 0 Å². The van der Waals surface area contributed by atoms with Gasteiger partial charge in [-0.1, -0.05) is 6.07 Å². The molecule has 2 aliphatic rings. The molecule has 1 aromatic carbocycles. The second-order valence-corrected chi connectivity index (χ2v) is 9.89. The van der Waals surface area contributed by atoms with E-state index in [1.807, 2.05) is 13.0 Å². The molecule has 2 aromatic rings. The highest BCUT2D eigenvalue weighted by Gasteiger charge is 2.30. The van der Waals surface area contributed by atoms with Crippen LogP contribution in [0.3, 0.4) is 0 Å². The van der Waals surface area contributed by atoms with Crippen molar-refractivity contribution in [1.82, 2.24) is 14.3 Å². The van der Waals surface area contributed by atoms with E-state index in [2.05, 4.69) is 19.8 Å². The molecule has 0 unspecified atom stereocenters. The van der Waals surface area contributed by atoms with E-state index < -0.39 is 15.8 Å². The monoisotopic (exact) mass is 433 g/mol. The maximum atomic E-state index is 13.6. The molecular weight excluding hydrogens is 405 g/mol. The fraction of sp³-hybridized carbons (Fsp3) is 0.524. The maximum absolute atomic E-state index is 13.6. The third-order valence-corrected chi connectivity index (χ3v) is 7.86. The van der Waals surface area contributed by atoms with Gasteiger partial charge in [0, 0.05) is 45.3 Å². The zero-order valence-electron chi connectivity index (χ0n) is 17.5. The van der Waals surface area contributed by atoms with Crippen molar-refractivity contribution < 1.29 is 12.8 Å². The Balaban J connectivity index is 1.49. The van der Waals surface area contributed by atoms with E-state index in [0.29, 0.717) is 31.7 Å². The highest BCUT2D eigenvalue weighted by molar-refractivity contribution is 7.89. The van der Waals surface area contributed by atoms with Crippen LogP contribution in [0.25, 0.3) is 0 Å². The smallest absolute Gasteiger partial charge is 0.243 e. The highest BCUT2D eigenvalue weighted by Crippen LogP contribution is 2.26. The summed E-state index contributed by atoms with van der Waals surface area (Å²) in [5.74, 6) is 1.96. The average Bonchev–Trinajstić information content (AvgIpc) is 2.75. The molecule has 0 aliphatic carbocycles. The summed E-state index contributed by atoms with van der Waals surface area (Å²) in [7, 11) is -3.73. The van der Waals surface area contributed by atoms with Crippen molar-refractivity contribution in [2.45, 2.75) is 38.0 Å². The van der Waals surface area contributed by atoms with Gasteiger partial charge in [-0.05, 0) is 50.8 Å². The largest absolute Gasteiger partial charge is 0.356 e. The fourth-order valence-corrected chi connectivity index (χ4v) is 5.79. The van der Waals surface area contributed by atoms with Crippen LogP contribution in [0.4, 0.5) is 16.0 Å². The molecule has 2 saturated heterocycles. The van der Waals surface area contributed by atoms with Gasteiger partial charge in [0.25, 0.3) is 0 Å². The molecule has 2 aliphatic heterocycles. The summed E-state index contributed by atoms with van der Waals surface area (Å²) in [6.45, 7) is 7.33. The van der Waals surface area contributed by atoms with Gasteiger partial charge in [0.2, 0.25) is 10.0 Å². The van der Waals surface area contributed by atoms with Gasteiger partial charge in [0.1, 0.15) is 23.3 Å². The lowest BCUT2D eigenvalue weighted by atomic mass is 10.1. The number of anilines is 2. The first-order valence-electron chi connectivity index (χ1n) is 10.5. The number of hydrogen-bond acceptors (Lipinski definition) is 6. The molecule has 0 saturated carbocycles. The highest BCUT2D eigenvalue weighted by atomic mass is 32.2. The first-order valence-corrected chi connectivity index (χ1v) is 11.9. The topological polar surface area (TPSA) is 69.6 Å². The van der Waals surface area contributed by atoms with E-state index in [0.717, 1.165) is 36.6 Å². The maximum Gasteiger partial charge on any atom is 0.243 e. The summed E-state index contributed by atoms with van der Waals surface area (Å²) < 4.78 is 41.1. The van der Waals surface area contributed by atoms with Crippen LogP contribution in [0.5, 0.6) is 0 Å². The normalized spacial score (nSPS) is 18.6. The first kappa shape index (κ1) is 21.0. The summed E-state index contributed by atoms with van der Waals surface area (Å²) in [5, 5.41) is 0. The third-order valence-electron chi connectivity index (χ3n) is 5.82. The van der Waals surface area contributed by atoms with Crippen LogP contribution in [-0.2, 0) is 10.0 Å². The van der Waals surface area contributed by atoms with Crippen molar-refractivity contribution in [2.24, 2.45) is 0 Å². The average molecular weight is 434 g/mol. The van der Waals surface area contributed by atoms with Gasteiger partial charge in [-0.15, -0.1) is 0 Å². The summed E-state index contributed by atoms with van der Waals surface area (Å²) in [6.07, 6.45) is 3.61. The van der Waals surface area contributed by atoms with Crippen molar-refractivity contribution >= 4 is 21.7 Å². The number of nitrogens with zero attached hydrogens (tertiary/aromatic N) is 5. The lowest BCUT2D eigenvalue weighted by molar-refractivity contribution is 0.383. The first-order chi connectivity index (χ1) is 14.3. The minimum Gasteiger partial charge on any atom is -0.356 e. The predicted molar refractivity (Wildman–Crippen MR) is 115 cm³/mol. The molecule has 2 fully saturated rings. The lowest BCUT2D eigenvalue weighted by Gasteiger charge is -2.35. The van der Waals surface area contributed by atoms with Crippen LogP contribution < -0.4 is 9.80 Å². The van der Waals surface area contributed by atoms with Gasteiger partial charge in [-0.25, -0.2) is 22.8 Å². The molecule has 7 nitrogen and oxygen atoms in total. The van der Waals surface area contributed by atoms with Gasteiger partial charge in [-0.3, -0.25) is 0 Å². The minimum absolute atomic E-state index is 0.0428. The van der Waals surface area contributed by atoms with Gasteiger partial charge >= 0.3 is 0 Å². The number of benzene rings is 1. The fourth-order valence-electron chi connectivity index (χ4n) is 4.13. The van der Waals surface area contributed by atoms with Gasteiger partial charge in [-0.2, -0.15) is 4.31 Å². The van der Waals surface area contributed by atoms with Gasteiger partial charge in [0.15, 0.2) is 0 Å². The Morgan fingerprint density at radius 3 is 2.07 bits per heavy atom. The van der Waals surface area contributed by atoms with E-state index >= 15 is 0 Å². The SMILES string of the molecule is Cc1nc(N2CCCCC2)cc(N2CCN(S(=O)(=O)c3cc(F)ccc3C)CC2)n1. The summed E-state index contributed by atoms with van der Waals surface area (Å²) in [6, 6.07) is 5.91. The minimum atomic E-state index is -3.73. The molecule has 4 rings (SSSR count). The number of sulfonamides is 1. The molecular formula is C21H28FN5O2S.